The molecule has 1 aromatic rings. The smallest absolute Gasteiger partial charge is 0.313 e. The number of thioether (sulfide) groups is 1. The van der Waals surface area contributed by atoms with Gasteiger partial charge >= 0.3 is 5.97 Å². The highest BCUT2D eigenvalue weighted by atomic mass is 32.2. The molecule has 0 atom stereocenters. The minimum absolute atomic E-state index is 0.000797. The Morgan fingerprint density at radius 1 is 1.32 bits per heavy atom. The summed E-state index contributed by atoms with van der Waals surface area (Å²) >= 11 is 1.04. The molecule has 1 fully saturated rings. The molecule has 0 heterocycles. The van der Waals surface area contributed by atoms with Crippen LogP contribution in [0.4, 0.5) is 5.69 Å². The maximum Gasteiger partial charge on any atom is 0.313 e. The Bertz CT molecular complexity index is 588. The number of rotatable bonds is 8. The fourth-order valence-corrected chi connectivity index (χ4v) is 2.74. The van der Waals surface area contributed by atoms with E-state index in [0.29, 0.717) is 5.56 Å². The molecule has 1 aromatic carbocycles. The van der Waals surface area contributed by atoms with Crippen LogP contribution in [-0.4, -0.2) is 44.4 Å². The van der Waals surface area contributed by atoms with E-state index in [4.69, 9.17) is 5.11 Å². The van der Waals surface area contributed by atoms with Crippen LogP contribution >= 0.6 is 11.8 Å². The summed E-state index contributed by atoms with van der Waals surface area (Å²) in [6.07, 6.45) is 1.77. The summed E-state index contributed by atoms with van der Waals surface area (Å²) in [4.78, 5) is 34.9. The van der Waals surface area contributed by atoms with Crippen LogP contribution in [0.25, 0.3) is 0 Å². The summed E-state index contributed by atoms with van der Waals surface area (Å²) in [5, 5.41) is 19.6. The summed E-state index contributed by atoms with van der Waals surface area (Å²) in [6.45, 7) is 0.189. The van der Waals surface area contributed by atoms with Crippen LogP contribution in [0.15, 0.2) is 24.3 Å². The highest BCUT2D eigenvalue weighted by Crippen LogP contribution is 2.30. The quantitative estimate of drug-likeness (QED) is 0.579. The summed E-state index contributed by atoms with van der Waals surface area (Å²) in [7, 11) is 0. The molecule has 1 N–H and O–H groups in total. The normalized spacial score (nSPS) is 13.6. The average molecular weight is 324 g/mol. The van der Waals surface area contributed by atoms with Crippen LogP contribution in [0.5, 0.6) is 0 Å². The number of hydrogen-bond donors (Lipinski definition) is 1. The standard InChI is InChI=1S/C14H16N2O5S/c17-13(8-22-9-14(18)19)15(11-5-6-11)7-10-3-1-2-4-12(10)16(20)21/h1-4,11H,5-9H2,(H,18,19). The van der Waals surface area contributed by atoms with Gasteiger partial charge in [0.25, 0.3) is 5.69 Å². The van der Waals surface area contributed by atoms with Crippen molar-refractivity contribution in [3.05, 3.63) is 39.9 Å². The highest BCUT2D eigenvalue weighted by molar-refractivity contribution is 8.00. The molecule has 8 heteroatoms. The van der Waals surface area contributed by atoms with E-state index in [-0.39, 0.29) is 35.7 Å². The van der Waals surface area contributed by atoms with Crippen molar-refractivity contribution in [2.24, 2.45) is 0 Å². The molecular formula is C14H16N2O5S. The van der Waals surface area contributed by atoms with Crippen LogP contribution in [0.3, 0.4) is 0 Å². The lowest BCUT2D eigenvalue weighted by molar-refractivity contribution is -0.385. The van der Waals surface area contributed by atoms with Crippen molar-refractivity contribution < 1.29 is 19.6 Å². The number of nitro benzene ring substituents is 1. The Balaban J connectivity index is 2.05. The highest BCUT2D eigenvalue weighted by Gasteiger charge is 2.33. The molecule has 0 saturated heterocycles. The number of hydrogen-bond acceptors (Lipinski definition) is 5. The van der Waals surface area contributed by atoms with Crippen molar-refractivity contribution in [2.75, 3.05) is 11.5 Å². The van der Waals surface area contributed by atoms with Crippen molar-refractivity contribution in [3.8, 4) is 0 Å². The Morgan fingerprint density at radius 2 is 2.00 bits per heavy atom. The number of carboxylic acids is 1. The van der Waals surface area contributed by atoms with E-state index in [2.05, 4.69) is 0 Å². The van der Waals surface area contributed by atoms with Crippen molar-refractivity contribution >= 4 is 29.3 Å². The number of nitro groups is 1. The van der Waals surface area contributed by atoms with Crippen molar-refractivity contribution in [1.82, 2.24) is 4.90 Å². The van der Waals surface area contributed by atoms with Gasteiger partial charge < -0.3 is 10.0 Å². The van der Waals surface area contributed by atoms with Gasteiger partial charge in [-0.15, -0.1) is 11.8 Å². The van der Waals surface area contributed by atoms with Gasteiger partial charge in [0.1, 0.15) is 0 Å². The Morgan fingerprint density at radius 3 is 2.59 bits per heavy atom. The van der Waals surface area contributed by atoms with Gasteiger partial charge in [-0.1, -0.05) is 18.2 Å². The van der Waals surface area contributed by atoms with Crippen LogP contribution < -0.4 is 0 Å². The first kappa shape index (κ1) is 16.3. The maximum atomic E-state index is 12.2. The second-order valence-electron chi connectivity index (χ2n) is 5.03. The molecule has 1 aliphatic carbocycles. The summed E-state index contributed by atoms with van der Waals surface area (Å²) in [5.41, 5.74) is 0.495. The maximum absolute atomic E-state index is 12.2. The van der Waals surface area contributed by atoms with Crippen molar-refractivity contribution in [3.63, 3.8) is 0 Å². The Labute approximate surface area is 131 Å². The molecule has 1 aliphatic rings. The molecule has 0 radical (unpaired) electrons. The average Bonchev–Trinajstić information content (AvgIpc) is 3.29. The van der Waals surface area contributed by atoms with E-state index in [9.17, 15) is 19.7 Å². The van der Waals surface area contributed by atoms with Crippen LogP contribution in [-0.2, 0) is 16.1 Å². The van der Waals surface area contributed by atoms with Crippen molar-refractivity contribution in [2.45, 2.75) is 25.4 Å². The zero-order valence-electron chi connectivity index (χ0n) is 11.8. The molecule has 118 valence electrons. The zero-order chi connectivity index (χ0) is 16.1. The lowest BCUT2D eigenvalue weighted by Gasteiger charge is -2.22. The van der Waals surface area contributed by atoms with Gasteiger partial charge in [-0.3, -0.25) is 19.7 Å². The molecule has 0 aromatic heterocycles. The minimum atomic E-state index is -0.963. The molecule has 0 aliphatic heterocycles. The first-order valence-corrected chi connectivity index (χ1v) is 7.96. The lowest BCUT2D eigenvalue weighted by atomic mass is 10.1. The van der Waals surface area contributed by atoms with Crippen molar-refractivity contribution in [1.29, 1.82) is 0 Å². The van der Waals surface area contributed by atoms with E-state index in [1.54, 1.807) is 23.1 Å². The van der Waals surface area contributed by atoms with E-state index >= 15 is 0 Å². The van der Waals surface area contributed by atoms with Gasteiger partial charge in [-0.2, -0.15) is 0 Å². The fourth-order valence-electron chi connectivity index (χ4n) is 2.12. The van der Waals surface area contributed by atoms with Gasteiger partial charge in [-0.05, 0) is 12.8 Å². The second kappa shape index (κ2) is 7.26. The number of aliphatic carboxylic acids is 1. The number of benzene rings is 1. The molecule has 0 unspecified atom stereocenters. The number of para-hydroxylation sites is 1. The van der Waals surface area contributed by atoms with Gasteiger partial charge in [0, 0.05) is 17.7 Å². The van der Waals surface area contributed by atoms with Gasteiger partial charge in [0.2, 0.25) is 5.91 Å². The number of carbonyl (C=O) groups excluding carboxylic acids is 1. The fraction of sp³-hybridized carbons (Fsp3) is 0.429. The largest absolute Gasteiger partial charge is 0.481 e. The molecule has 7 nitrogen and oxygen atoms in total. The first-order chi connectivity index (χ1) is 10.5. The van der Waals surface area contributed by atoms with Gasteiger partial charge in [0.05, 0.1) is 23.0 Å². The molecule has 2 rings (SSSR count). The molecule has 1 amide bonds. The number of carbonyl (C=O) groups is 2. The number of amides is 1. The molecule has 22 heavy (non-hydrogen) atoms. The molecule has 1 saturated carbocycles. The van der Waals surface area contributed by atoms with Gasteiger partial charge in [0.15, 0.2) is 0 Å². The summed E-state index contributed by atoms with van der Waals surface area (Å²) < 4.78 is 0. The lowest BCUT2D eigenvalue weighted by Crippen LogP contribution is -2.34. The third kappa shape index (κ3) is 4.45. The molecular weight excluding hydrogens is 308 g/mol. The van der Waals surface area contributed by atoms with E-state index in [1.165, 1.54) is 6.07 Å². The second-order valence-corrected chi connectivity index (χ2v) is 6.01. The first-order valence-electron chi connectivity index (χ1n) is 6.80. The zero-order valence-corrected chi connectivity index (χ0v) is 12.6. The number of carboxylic acid groups (broad SMARTS) is 1. The predicted octanol–water partition coefficient (Wildman–Crippen LogP) is 1.90. The monoisotopic (exact) mass is 324 g/mol. The van der Waals surface area contributed by atoms with Crippen LogP contribution in [0.1, 0.15) is 18.4 Å². The predicted molar refractivity (Wildman–Crippen MR) is 81.6 cm³/mol. The van der Waals surface area contributed by atoms with Crippen LogP contribution in [0, 0.1) is 10.1 Å². The number of nitrogens with zero attached hydrogens (tertiary/aromatic N) is 2. The summed E-state index contributed by atoms with van der Waals surface area (Å²) in [6, 6.07) is 6.47. The van der Waals surface area contributed by atoms with Gasteiger partial charge in [-0.25, -0.2) is 0 Å². The van der Waals surface area contributed by atoms with Crippen LogP contribution in [0.2, 0.25) is 0 Å². The SMILES string of the molecule is O=C(O)CSCC(=O)N(Cc1ccccc1[N+](=O)[O-])C1CC1. The third-order valence-corrected chi connectivity index (χ3v) is 4.19. The molecule has 0 spiro atoms. The van der Waals surface area contributed by atoms with E-state index in [1.807, 2.05) is 0 Å². The topological polar surface area (TPSA) is 101 Å². The third-order valence-electron chi connectivity index (χ3n) is 3.29. The Hall–Kier alpha value is -2.09. The van der Waals surface area contributed by atoms with E-state index in [0.717, 1.165) is 24.6 Å². The summed E-state index contributed by atoms with van der Waals surface area (Å²) in [5.74, 6) is -1.19. The van der Waals surface area contributed by atoms with E-state index < -0.39 is 10.9 Å². The Kier molecular flexibility index (Phi) is 5.37. The minimum Gasteiger partial charge on any atom is -0.481 e. The molecule has 0 bridgehead atoms.